The molecule has 1 aromatic carbocycles. The lowest BCUT2D eigenvalue weighted by molar-refractivity contribution is 0.0821. The molecule has 4 nitrogen and oxygen atoms in total. The molecule has 1 fully saturated rings. The lowest BCUT2D eigenvalue weighted by Gasteiger charge is -2.29. The Morgan fingerprint density at radius 3 is 2.72 bits per heavy atom. The molecule has 0 radical (unpaired) electrons. The Labute approximate surface area is 107 Å². The van der Waals surface area contributed by atoms with Crippen molar-refractivity contribution in [2.75, 3.05) is 13.7 Å². The lowest BCUT2D eigenvalue weighted by atomic mass is 9.96. The summed E-state index contributed by atoms with van der Waals surface area (Å²) in [6, 6.07) is 7.09. The van der Waals surface area contributed by atoms with Gasteiger partial charge in [-0.25, -0.2) is 0 Å². The molecule has 1 atom stereocenters. The van der Waals surface area contributed by atoms with Crippen LogP contribution in [0.3, 0.4) is 0 Å². The van der Waals surface area contributed by atoms with Gasteiger partial charge in [0.05, 0.1) is 24.8 Å². The molecule has 98 valence electrons. The molecule has 0 spiro atoms. The summed E-state index contributed by atoms with van der Waals surface area (Å²) in [5.74, 6) is 0.725. The molecule has 1 unspecified atom stereocenters. The van der Waals surface area contributed by atoms with Gasteiger partial charge in [0, 0.05) is 0 Å². The predicted octanol–water partition coefficient (Wildman–Crippen LogP) is 1.59. The molecule has 0 bridgehead atoms. The van der Waals surface area contributed by atoms with Crippen LogP contribution in [0.4, 0.5) is 0 Å². The van der Waals surface area contributed by atoms with Crippen LogP contribution in [0.15, 0.2) is 24.3 Å². The zero-order valence-corrected chi connectivity index (χ0v) is 10.8. The third-order valence-corrected chi connectivity index (χ3v) is 3.56. The van der Waals surface area contributed by atoms with Crippen LogP contribution >= 0.6 is 0 Å². The second-order valence-corrected chi connectivity index (χ2v) is 5.00. The minimum absolute atomic E-state index is 0.0431. The van der Waals surface area contributed by atoms with Gasteiger partial charge in [-0.15, -0.1) is 0 Å². The number of aliphatic hydroxyl groups excluding tert-OH is 1. The van der Waals surface area contributed by atoms with Gasteiger partial charge in [-0.05, 0) is 37.8 Å². The van der Waals surface area contributed by atoms with Gasteiger partial charge in [-0.3, -0.25) is 4.79 Å². The highest BCUT2D eigenvalue weighted by Gasteiger charge is 2.42. The SMILES string of the molecule is COc1ccccc1C(=O)NC(C)(CO)C1CC1. The molecule has 0 aromatic heterocycles. The monoisotopic (exact) mass is 249 g/mol. The van der Waals surface area contributed by atoms with Crippen molar-refractivity contribution < 1.29 is 14.6 Å². The van der Waals surface area contributed by atoms with Crippen molar-refractivity contribution in [3.05, 3.63) is 29.8 Å². The van der Waals surface area contributed by atoms with E-state index >= 15 is 0 Å². The van der Waals surface area contributed by atoms with Gasteiger partial charge in [-0.1, -0.05) is 12.1 Å². The Morgan fingerprint density at radius 2 is 2.17 bits per heavy atom. The second-order valence-electron chi connectivity index (χ2n) is 5.00. The van der Waals surface area contributed by atoms with Crippen molar-refractivity contribution in [2.45, 2.75) is 25.3 Å². The zero-order valence-electron chi connectivity index (χ0n) is 10.8. The minimum Gasteiger partial charge on any atom is -0.496 e. The summed E-state index contributed by atoms with van der Waals surface area (Å²) >= 11 is 0. The normalized spacial score (nSPS) is 17.9. The zero-order chi connectivity index (χ0) is 13.2. The first kappa shape index (κ1) is 12.9. The van der Waals surface area contributed by atoms with Crippen molar-refractivity contribution in [3.63, 3.8) is 0 Å². The van der Waals surface area contributed by atoms with Gasteiger partial charge in [0.25, 0.3) is 5.91 Å². The number of carbonyl (C=O) groups is 1. The van der Waals surface area contributed by atoms with E-state index in [0.717, 1.165) is 12.8 Å². The summed E-state index contributed by atoms with van der Waals surface area (Å²) < 4.78 is 5.17. The first-order valence-electron chi connectivity index (χ1n) is 6.17. The third kappa shape index (κ3) is 2.48. The van der Waals surface area contributed by atoms with Gasteiger partial charge in [0.15, 0.2) is 0 Å². The van der Waals surface area contributed by atoms with E-state index in [1.807, 2.05) is 13.0 Å². The summed E-state index contributed by atoms with van der Waals surface area (Å²) in [7, 11) is 1.54. The fourth-order valence-corrected chi connectivity index (χ4v) is 2.15. The van der Waals surface area contributed by atoms with Crippen molar-refractivity contribution in [1.82, 2.24) is 5.32 Å². The average Bonchev–Trinajstić information content (AvgIpc) is 3.23. The molecule has 1 amide bonds. The number of amides is 1. The second kappa shape index (κ2) is 4.98. The van der Waals surface area contributed by atoms with E-state index in [2.05, 4.69) is 5.32 Å². The smallest absolute Gasteiger partial charge is 0.255 e. The highest BCUT2D eigenvalue weighted by Crippen LogP contribution is 2.39. The first-order chi connectivity index (χ1) is 8.60. The maximum absolute atomic E-state index is 12.2. The molecule has 1 aromatic rings. The Balaban J connectivity index is 2.16. The van der Waals surface area contributed by atoms with Gasteiger partial charge in [-0.2, -0.15) is 0 Å². The van der Waals surface area contributed by atoms with Crippen LogP contribution in [0.25, 0.3) is 0 Å². The molecule has 1 aliphatic carbocycles. The Morgan fingerprint density at radius 1 is 1.50 bits per heavy atom. The Hall–Kier alpha value is -1.55. The van der Waals surface area contributed by atoms with Crippen LogP contribution < -0.4 is 10.1 Å². The van der Waals surface area contributed by atoms with Crippen LogP contribution in [0.2, 0.25) is 0 Å². The summed E-state index contributed by atoms with van der Waals surface area (Å²) in [5, 5.41) is 12.4. The van der Waals surface area contributed by atoms with Crippen LogP contribution in [-0.2, 0) is 0 Å². The minimum atomic E-state index is -0.530. The number of methoxy groups -OCH3 is 1. The standard InChI is InChI=1S/C14H19NO3/c1-14(9-16,10-7-8-10)15-13(17)11-5-3-4-6-12(11)18-2/h3-6,10,16H,7-9H2,1-2H3,(H,15,17). The van der Waals surface area contributed by atoms with E-state index < -0.39 is 5.54 Å². The molecule has 0 heterocycles. The largest absolute Gasteiger partial charge is 0.496 e. The summed E-state index contributed by atoms with van der Waals surface area (Å²) in [6.45, 7) is 1.84. The number of hydrogen-bond acceptors (Lipinski definition) is 3. The van der Waals surface area contributed by atoms with E-state index in [1.54, 1.807) is 18.2 Å². The molecule has 18 heavy (non-hydrogen) atoms. The number of hydrogen-bond donors (Lipinski definition) is 2. The fraction of sp³-hybridized carbons (Fsp3) is 0.500. The number of carbonyl (C=O) groups excluding carboxylic acids is 1. The molecule has 4 heteroatoms. The van der Waals surface area contributed by atoms with Crippen molar-refractivity contribution >= 4 is 5.91 Å². The molecule has 1 aliphatic rings. The van der Waals surface area contributed by atoms with Crippen LogP contribution in [0.5, 0.6) is 5.75 Å². The number of nitrogens with one attached hydrogen (secondary N) is 1. The van der Waals surface area contributed by atoms with E-state index in [1.165, 1.54) is 7.11 Å². The predicted molar refractivity (Wildman–Crippen MR) is 68.7 cm³/mol. The average molecular weight is 249 g/mol. The fourth-order valence-electron chi connectivity index (χ4n) is 2.15. The molecular formula is C14H19NO3. The highest BCUT2D eigenvalue weighted by molar-refractivity contribution is 5.97. The number of aliphatic hydroxyl groups is 1. The van der Waals surface area contributed by atoms with Crippen molar-refractivity contribution in [3.8, 4) is 5.75 Å². The summed E-state index contributed by atoms with van der Waals surface area (Å²) in [5.41, 5.74) is -0.0295. The first-order valence-corrected chi connectivity index (χ1v) is 6.17. The third-order valence-electron chi connectivity index (χ3n) is 3.56. The Kier molecular flexibility index (Phi) is 3.57. The van der Waals surface area contributed by atoms with E-state index in [-0.39, 0.29) is 12.5 Å². The topological polar surface area (TPSA) is 58.6 Å². The van der Waals surface area contributed by atoms with Crippen LogP contribution in [-0.4, -0.2) is 30.3 Å². The van der Waals surface area contributed by atoms with Gasteiger partial charge in [0.1, 0.15) is 5.75 Å². The molecular weight excluding hydrogens is 230 g/mol. The van der Waals surface area contributed by atoms with Gasteiger partial charge >= 0.3 is 0 Å². The van der Waals surface area contributed by atoms with Crippen LogP contribution in [0.1, 0.15) is 30.1 Å². The van der Waals surface area contributed by atoms with Gasteiger partial charge in [0.2, 0.25) is 0 Å². The molecule has 0 aliphatic heterocycles. The Bertz CT molecular complexity index is 442. The molecule has 1 saturated carbocycles. The highest BCUT2D eigenvalue weighted by atomic mass is 16.5. The van der Waals surface area contributed by atoms with E-state index in [9.17, 15) is 9.90 Å². The van der Waals surface area contributed by atoms with E-state index in [0.29, 0.717) is 17.2 Å². The van der Waals surface area contributed by atoms with E-state index in [4.69, 9.17) is 4.74 Å². The molecule has 2 N–H and O–H groups in total. The van der Waals surface area contributed by atoms with Gasteiger partial charge < -0.3 is 15.2 Å². The number of para-hydroxylation sites is 1. The van der Waals surface area contributed by atoms with Crippen molar-refractivity contribution in [1.29, 1.82) is 0 Å². The number of rotatable bonds is 5. The lowest BCUT2D eigenvalue weighted by Crippen LogP contribution is -2.50. The maximum atomic E-state index is 12.2. The molecule has 2 rings (SSSR count). The quantitative estimate of drug-likeness (QED) is 0.833. The number of ether oxygens (including phenoxy) is 1. The summed E-state index contributed by atoms with van der Waals surface area (Å²) in [6.07, 6.45) is 2.12. The van der Waals surface area contributed by atoms with Crippen molar-refractivity contribution in [2.24, 2.45) is 5.92 Å². The number of benzene rings is 1. The summed E-state index contributed by atoms with van der Waals surface area (Å²) in [4.78, 5) is 12.2. The van der Waals surface area contributed by atoms with Crippen LogP contribution in [0, 0.1) is 5.92 Å². The molecule has 0 saturated heterocycles. The maximum Gasteiger partial charge on any atom is 0.255 e.